The van der Waals surface area contributed by atoms with Crippen LogP contribution >= 0.6 is 0 Å². The van der Waals surface area contributed by atoms with E-state index in [-0.39, 0.29) is 4.90 Å². The van der Waals surface area contributed by atoms with Gasteiger partial charge in [0, 0.05) is 19.2 Å². The van der Waals surface area contributed by atoms with Crippen molar-refractivity contribution in [3.05, 3.63) is 71.6 Å². The molecule has 0 bridgehead atoms. The molecule has 0 amide bonds. The fraction of sp³-hybridized carbons (Fsp3) is 0.200. The fourth-order valence-electron chi connectivity index (χ4n) is 2.59. The molecule has 0 spiro atoms. The van der Waals surface area contributed by atoms with Crippen molar-refractivity contribution in [2.75, 3.05) is 7.05 Å². The maximum Gasteiger partial charge on any atom is 0.238 e. The Kier molecular flexibility index (Phi) is 6.30. The van der Waals surface area contributed by atoms with Crippen molar-refractivity contribution >= 4 is 16.0 Å². The number of nitrogens with zero attached hydrogens (tertiary/aromatic N) is 2. The van der Waals surface area contributed by atoms with E-state index in [4.69, 9.17) is 9.56 Å². The van der Waals surface area contributed by atoms with E-state index in [9.17, 15) is 8.42 Å². The van der Waals surface area contributed by atoms with Crippen LogP contribution in [0.1, 0.15) is 16.8 Å². The van der Waals surface area contributed by atoms with E-state index in [0.29, 0.717) is 24.9 Å². The summed E-state index contributed by atoms with van der Waals surface area (Å²) in [4.78, 5) is 8.74. The molecule has 1 aromatic heterocycles. The highest BCUT2D eigenvalue weighted by Crippen LogP contribution is 2.19. The van der Waals surface area contributed by atoms with Gasteiger partial charge in [0.25, 0.3) is 0 Å². The number of hydrogen-bond acceptors (Lipinski definition) is 5. The minimum Gasteiger partial charge on any atom is -0.444 e. The number of sulfonamides is 1. The van der Waals surface area contributed by atoms with Crippen LogP contribution in [0.15, 0.2) is 69.1 Å². The van der Waals surface area contributed by atoms with Gasteiger partial charge in [-0.1, -0.05) is 29.8 Å². The zero-order valence-electron chi connectivity index (χ0n) is 16.2. The maximum atomic E-state index is 11.3. The molecule has 0 aliphatic carbocycles. The lowest BCUT2D eigenvalue weighted by atomic mass is 10.1. The fourth-order valence-corrected chi connectivity index (χ4v) is 3.11. The molecule has 8 nitrogen and oxygen atoms in total. The highest BCUT2D eigenvalue weighted by molar-refractivity contribution is 7.89. The van der Waals surface area contributed by atoms with Crippen LogP contribution in [0.4, 0.5) is 0 Å². The molecule has 0 aliphatic rings. The largest absolute Gasteiger partial charge is 0.444 e. The zero-order chi connectivity index (χ0) is 20.9. The normalized spacial score (nSPS) is 12.0. The number of hydrogen-bond donors (Lipinski definition) is 3. The molecular weight excluding hydrogens is 390 g/mol. The van der Waals surface area contributed by atoms with Crippen molar-refractivity contribution in [2.45, 2.75) is 24.9 Å². The third-order valence-corrected chi connectivity index (χ3v) is 5.15. The lowest BCUT2D eigenvalue weighted by Crippen LogP contribution is -2.36. The molecule has 3 rings (SSSR count). The van der Waals surface area contributed by atoms with E-state index in [0.717, 1.165) is 16.8 Å². The van der Waals surface area contributed by atoms with Gasteiger partial charge in [0.2, 0.25) is 15.9 Å². The van der Waals surface area contributed by atoms with Gasteiger partial charge in [-0.3, -0.25) is 4.99 Å². The predicted octanol–water partition coefficient (Wildman–Crippen LogP) is 2.16. The van der Waals surface area contributed by atoms with E-state index in [2.05, 4.69) is 20.6 Å². The summed E-state index contributed by atoms with van der Waals surface area (Å²) in [6.45, 7) is 2.94. The van der Waals surface area contributed by atoms with Crippen molar-refractivity contribution in [1.82, 2.24) is 15.6 Å². The predicted molar refractivity (Wildman–Crippen MR) is 112 cm³/mol. The topological polar surface area (TPSA) is 123 Å². The standard InChI is InChI=1S/C20H23N5O3S/c1-14-3-7-16(8-4-14)19-25-17(13-28-19)12-24-20(22-2)23-11-15-5-9-18(10-6-15)29(21,26)27/h3-10,13H,11-12H2,1-2H3,(H2,21,26,27)(H2,22,23,24). The minimum absolute atomic E-state index is 0.0826. The maximum absolute atomic E-state index is 11.3. The minimum atomic E-state index is -3.69. The second kappa shape index (κ2) is 8.89. The van der Waals surface area contributed by atoms with Gasteiger partial charge in [-0.15, -0.1) is 0 Å². The lowest BCUT2D eigenvalue weighted by Gasteiger charge is -2.11. The number of primary sulfonamides is 1. The van der Waals surface area contributed by atoms with Gasteiger partial charge in [0.1, 0.15) is 6.26 Å². The van der Waals surface area contributed by atoms with Crippen molar-refractivity contribution in [2.24, 2.45) is 10.1 Å². The number of aryl methyl sites for hydroxylation is 1. The van der Waals surface area contributed by atoms with Gasteiger partial charge in [-0.2, -0.15) is 0 Å². The van der Waals surface area contributed by atoms with Crippen molar-refractivity contribution in [1.29, 1.82) is 0 Å². The van der Waals surface area contributed by atoms with E-state index >= 15 is 0 Å². The molecule has 0 radical (unpaired) electrons. The van der Waals surface area contributed by atoms with E-state index in [1.807, 2.05) is 31.2 Å². The second-order valence-electron chi connectivity index (χ2n) is 6.48. The Balaban J connectivity index is 1.54. The van der Waals surface area contributed by atoms with Crippen LogP contribution in [0.25, 0.3) is 11.5 Å². The number of oxazole rings is 1. The summed E-state index contributed by atoms with van der Waals surface area (Å²) in [6.07, 6.45) is 1.61. The molecule has 3 aromatic rings. The Hall–Kier alpha value is -3.17. The molecule has 0 saturated carbocycles. The number of benzene rings is 2. The Morgan fingerprint density at radius 3 is 2.34 bits per heavy atom. The Labute approximate surface area is 169 Å². The van der Waals surface area contributed by atoms with Gasteiger partial charge < -0.3 is 15.1 Å². The summed E-state index contributed by atoms with van der Waals surface area (Å²) < 4.78 is 28.2. The number of aliphatic imine (C=N–C) groups is 1. The monoisotopic (exact) mass is 413 g/mol. The third kappa shape index (κ3) is 5.66. The van der Waals surface area contributed by atoms with Crippen LogP contribution in [0, 0.1) is 6.92 Å². The number of nitrogens with one attached hydrogen (secondary N) is 2. The van der Waals surface area contributed by atoms with Crippen LogP contribution in [0.3, 0.4) is 0 Å². The van der Waals surface area contributed by atoms with Crippen molar-refractivity contribution < 1.29 is 12.8 Å². The molecule has 9 heteroatoms. The van der Waals surface area contributed by atoms with Crippen molar-refractivity contribution in [3.8, 4) is 11.5 Å². The van der Waals surface area contributed by atoms with Crippen molar-refractivity contribution in [3.63, 3.8) is 0 Å². The molecule has 0 fully saturated rings. The molecule has 1 heterocycles. The summed E-state index contributed by atoms with van der Waals surface area (Å²) in [5.74, 6) is 1.15. The van der Waals surface area contributed by atoms with Crippen LogP contribution in [-0.4, -0.2) is 26.4 Å². The molecular formula is C20H23N5O3S. The first kappa shape index (κ1) is 20.6. The number of rotatable bonds is 6. The van der Waals surface area contributed by atoms with Crippen LogP contribution in [0.2, 0.25) is 0 Å². The first-order valence-corrected chi connectivity index (χ1v) is 10.5. The average molecular weight is 414 g/mol. The first-order chi connectivity index (χ1) is 13.8. The molecule has 0 saturated heterocycles. The quantitative estimate of drug-likeness (QED) is 0.420. The summed E-state index contributed by atoms with van der Waals surface area (Å²) >= 11 is 0. The smallest absolute Gasteiger partial charge is 0.238 e. The number of guanidine groups is 1. The van der Waals surface area contributed by atoms with E-state index in [1.165, 1.54) is 17.7 Å². The molecule has 2 aromatic carbocycles. The van der Waals surface area contributed by atoms with Gasteiger partial charge in [-0.25, -0.2) is 18.5 Å². The lowest BCUT2D eigenvalue weighted by molar-refractivity contribution is 0.572. The number of aromatic nitrogens is 1. The van der Waals surface area contributed by atoms with Gasteiger partial charge in [-0.05, 0) is 36.8 Å². The average Bonchev–Trinajstić information content (AvgIpc) is 3.17. The number of nitrogens with two attached hydrogens (primary N) is 1. The molecule has 0 unspecified atom stereocenters. The second-order valence-corrected chi connectivity index (χ2v) is 8.04. The van der Waals surface area contributed by atoms with Crippen LogP contribution in [-0.2, 0) is 23.1 Å². The summed E-state index contributed by atoms with van der Waals surface area (Å²) in [7, 11) is -2.02. The van der Waals surface area contributed by atoms with Gasteiger partial charge in [0.05, 0.1) is 17.1 Å². The third-order valence-electron chi connectivity index (χ3n) is 4.22. The van der Waals surface area contributed by atoms with Gasteiger partial charge >= 0.3 is 0 Å². The molecule has 152 valence electrons. The summed E-state index contributed by atoms with van der Waals surface area (Å²) in [5.41, 5.74) is 3.74. The highest BCUT2D eigenvalue weighted by Gasteiger charge is 2.09. The summed E-state index contributed by atoms with van der Waals surface area (Å²) in [6, 6.07) is 14.3. The van der Waals surface area contributed by atoms with E-state index < -0.39 is 10.0 Å². The van der Waals surface area contributed by atoms with Crippen LogP contribution < -0.4 is 15.8 Å². The van der Waals surface area contributed by atoms with Gasteiger partial charge in [0.15, 0.2) is 5.96 Å². The molecule has 0 atom stereocenters. The molecule has 0 aliphatic heterocycles. The summed E-state index contributed by atoms with van der Waals surface area (Å²) in [5, 5.41) is 11.4. The van der Waals surface area contributed by atoms with E-state index in [1.54, 1.807) is 25.4 Å². The molecule has 29 heavy (non-hydrogen) atoms. The Morgan fingerprint density at radius 2 is 1.72 bits per heavy atom. The van der Waals surface area contributed by atoms with Crippen LogP contribution in [0.5, 0.6) is 0 Å². The SMILES string of the molecule is CN=C(NCc1ccc(S(N)(=O)=O)cc1)NCc1coc(-c2ccc(C)cc2)n1. The zero-order valence-corrected chi connectivity index (χ0v) is 17.0. The molecule has 4 N–H and O–H groups in total. The highest BCUT2D eigenvalue weighted by atomic mass is 32.2. The Morgan fingerprint density at radius 1 is 1.07 bits per heavy atom. The Bertz CT molecular complexity index is 1090. The first-order valence-electron chi connectivity index (χ1n) is 8.93.